The molecule has 0 bridgehead atoms. The van der Waals surface area contributed by atoms with Gasteiger partial charge in [0.1, 0.15) is 0 Å². The first-order valence-corrected chi connectivity index (χ1v) is 5.79. The third-order valence-electron chi connectivity index (χ3n) is 2.05. The van der Waals surface area contributed by atoms with Crippen molar-refractivity contribution < 1.29 is 5.11 Å². The lowest BCUT2D eigenvalue weighted by Gasteiger charge is -2.08. The predicted octanol–water partition coefficient (Wildman–Crippen LogP) is 2.00. The Hall–Kier alpha value is -0.650. The third kappa shape index (κ3) is 4.92. The van der Waals surface area contributed by atoms with Gasteiger partial charge in [0, 0.05) is 13.2 Å². The first-order valence-electron chi connectivity index (χ1n) is 5.03. The Morgan fingerprint density at radius 3 is 2.44 bits per heavy atom. The van der Waals surface area contributed by atoms with Crippen molar-refractivity contribution in [1.29, 1.82) is 0 Å². The maximum atomic E-state index is 8.84. The van der Waals surface area contributed by atoms with E-state index in [1.165, 1.54) is 0 Å². The molecule has 1 rings (SSSR count). The number of aliphatic hydroxyl groups is 1. The van der Waals surface area contributed by atoms with E-state index < -0.39 is 0 Å². The van der Waals surface area contributed by atoms with E-state index in [4.69, 9.17) is 28.3 Å². The monoisotopic (exact) mass is 264 g/mol. The van der Waals surface area contributed by atoms with Gasteiger partial charge in [-0.3, -0.25) is 0 Å². The van der Waals surface area contributed by atoms with Crippen molar-refractivity contribution in [3.63, 3.8) is 0 Å². The predicted molar refractivity (Wildman–Crippen MR) is 63.8 cm³/mol. The molecule has 0 aromatic carbocycles. The first-order chi connectivity index (χ1) is 7.61. The molecule has 1 heterocycles. The Kier molecular flexibility index (Phi) is 5.73. The van der Waals surface area contributed by atoms with Crippen LogP contribution < -0.4 is 5.32 Å². The van der Waals surface area contributed by atoms with Gasteiger partial charge in [-0.2, -0.15) is 15.0 Å². The highest BCUT2D eigenvalue weighted by Gasteiger charge is 2.03. The van der Waals surface area contributed by atoms with Crippen LogP contribution in [0.25, 0.3) is 0 Å². The molecule has 90 valence electrons. The molecule has 1 aromatic heterocycles. The van der Waals surface area contributed by atoms with Crippen LogP contribution >= 0.6 is 23.2 Å². The fourth-order valence-corrected chi connectivity index (χ4v) is 1.51. The van der Waals surface area contributed by atoms with Crippen LogP contribution in [0.4, 0.5) is 5.95 Å². The maximum absolute atomic E-state index is 8.84. The molecule has 0 spiro atoms. The number of halogens is 2. The Balaban J connectivity index is 2.32. The zero-order chi connectivity index (χ0) is 12.0. The van der Waals surface area contributed by atoms with E-state index in [-0.39, 0.29) is 17.2 Å². The minimum absolute atomic E-state index is 0.0752. The van der Waals surface area contributed by atoms with Crippen molar-refractivity contribution >= 4 is 29.2 Å². The van der Waals surface area contributed by atoms with E-state index in [1.54, 1.807) is 0 Å². The molecule has 0 aliphatic carbocycles. The van der Waals surface area contributed by atoms with Gasteiger partial charge in [0.15, 0.2) is 0 Å². The summed E-state index contributed by atoms with van der Waals surface area (Å²) in [6.45, 7) is 2.92. The number of anilines is 1. The van der Waals surface area contributed by atoms with E-state index in [0.717, 1.165) is 12.8 Å². The molecule has 0 saturated carbocycles. The highest BCUT2D eigenvalue weighted by Crippen LogP contribution is 2.10. The molecule has 1 atom stereocenters. The van der Waals surface area contributed by atoms with Gasteiger partial charge in [-0.25, -0.2) is 0 Å². The Morgan fingerprint density at radius 1 is 1.25 bits per heavy atom. The van der Waals surface area contributed by atoms with Gasteiger partial charge in [-0.15, -0.1) is 0 Å². The van der Waals surface area contributed by atoms with Crippen LogP contribution in [0.5, 0.6) is 0 Å². The summed E-state index contributed by atoms with van der Waals surface area (Å²) >= 11 is 11.2. The van der Waals surface area contributed by atoms with Crippen LogP contribution in [0.3, 0.4) is 0 Å². The van der Waals surface area contributed by atoms with E-state index in [9.17, 15) is 0 Å². The molecule has 5 nitrogen and oxygen atoms in total. The smallest absolute Gasteiger partial charge is 0.228 e. The zero-order valence-electron chi connectivity index (χ0n) is 8.95. The molecular weight excluding hydrogens is 251 g/mol. The standard InChI is InChI=1S/C9H14Cl2N4O/c1-6(5-16)3-2-4-12-9-14-7(10)13-8(11)15-9/h6,16H,2-5H2,1H3,(H,12,13,14,15). The van der Waals surface area contributed by atoms with Crippen molar-refractivity contribution in [1.82, 2.24) is 15.0 Å². The first kappa shape index (κ1) is 13.4. The summed E-state index contributed by atoms with van der Waals surface area (Å²) in [4.78, 5) is 11.4. The maximum Gasteiger partial charge on any atom is 0.228 e. The van der Waals surface area contributed by atoms with Crippen molar-refractivity contribution in [2.75, 3.05) is 18.5 Å². The lowest BCUT2D eigenvalue weighted by atomic mass is 10.1. The SMILES string of the molecule is CC(CO)CCCNc1nc(Cl)nc(Cl)n1. The van der Waals surface area contributed by atoms with Crippen molar-refractivity contribution in [2.45, 2.75) is 19.8 Å². The summed E-state index contributed by atoms with van der Waals surface area (Å²) < 4.78 is 0. The van der Waals surface area contributed by atoms with Crippen LogP contribution in [0, 0.1) is 5.92 Å². The molecule has 0 fully saturated rings. The summed E-state index contributed by atoms with van der Waals surface area (Å²) in [6.07, 6.45) is 1.86. The number of nitrogens with zero attached hydrogens (tertiary/aromatic N) is 3. The van der Waals surface area contributed by atoms with Crippen molar-refractivity contribution in [2.24, 2.45) is 5.92 Å². The molecular formula is C9H14Cl2N4O. The minimum atomic E-state index is 0.0752. The fourth-order valence-electron chi connectivity index (χ4n) is 1.15. The molecule has 0 aliphatic rings. The van der Waals surface area contributed by atoms with Crippen LogP contribution in [0.15, 0.2) is 0 Å². The van der Waals surface area contributed by atoms with Crippen LogP contribution in [0.2, 0.25) is 10.6 Å². The molecule has 0 radical (unpaired) electrons. The lowest BCUT2D eigenvalue weighted by Crippen LogP contribution is -2.09. The summed E-state index contributed by atoms with van der Waals surface area (Å²) in [5, 5.41) is 12.0. The quantitative estimate of drug-likeness (QED) is 0.770. The average molecular weight is 265 g/mol. The third-order valence-corrected chi connectivity index (χ3v) is 2.39. The van der Waals surface area contributed by atoms with Gasteiger partial charge in [0.25, 0.3) is 0 Å². The highest BCUT2D eigenvalue weighted by atomic mass is 35.5. The molecule has 0 saturated heterocycles. The average Bonchev–Trinajstić information content (AvgIpc) is 2.22. The van der Waals surface area contributed by atoms with Gasteiger partial charge >= 0.3 is 0 Å². The number of aliphatic hydroxyl groups excluding tert-OH is 1. The largest absolute Gasteiger partial charge is 0.396 e. The van der Waals surface area contributed by atoms with Crippen molar-refractivity contribution in [3.05, 3.63) is 10.6 Å². The van der Waals surface area contributed by atoms with Gasteiger partial charge in [-0.05, 0) is 42.0 Å². The second-order valence-corrected chi connectivity index (χ2v) is 4.23. The Morgan fingerprint density at radius 2 is 1.88 bits per heavy atom. The Bertz CT molecular complexity index is 317. The zero-order valence-corrected chi connectivity index (χ0v) is 10.5. The topological polar surface area (TPSA) is 70.9 Å². The lowest BCUT2D eigenvalue weighted by molar-refractivity contribution is 0.229. The molecule has 2 N–H and O–H groups in total. The van der Waals surface area contributed by atoms with E-state index in [0.29, 0.717) is 18.4 Å². The summed E-state index contributed by atoms with van der Waals surface area (Å²) in [5.74, 6) is 0.689. The van der Waals surface area contributed by atoms with Gasteiger partial charge in [0.2, 0.25) is 16.5 Å². The molecule has 7 heteroatoms. The van der Waals surface area contributed by atoms with E-state index >= 15 is 0 Å². The fraction of sp³-hybridized carbons (Fsp3) is 0.667. The van der Waals surface area contributed by atoms with E-state index in [1.807, 2.05) is 6.92 Å². The number of nitrogens with one attached hydrogen (secondary N) is 1. The highest BCUT2D eigenvalue weighted by molar-refractivity contribution is 6.31. The summed E-state index contributed by atoms with van der Waals surface area (Å²) in [6, 6.07) is 0. The Labute approximate surface area is 104 Å². The number of aromatic nitrogens is 3. The number of hydrogen-bond acceptors (Lipinski definition) is 5. The van der Waals surface area contributed by atoms with Crippen LogP contribution in [0.1, 0.15) is 19.8 Å². The second kappa shape index (κ2) is 6.83. The molecule has 0 aliphatic heterocycles. The molecule has 0 amide bonds. The van der Waals surface area contributed by atoms with Crippen LogP contribution in [-0.2, 0) is 0 Å². The summed E-state index contributed by atoms with van der Waals surface area (Å²) in [7, 11) is 0. The normalized spacial score (nSPS) is 12.5. The minimum Gasteiger partial charge on any atom is -0.396 e. The van der Waals surface area contributed by atoms with Crippen molar-refractivity contribution in [3.8, 4) is 0 Å². The molecule has 16 heavy (non-hydrogen) atoms. The van der Waals surface area contributed by atoms with Gasteiger partial charge in [0.05, 0.1) is 0 Å². The van der Waals surface area contributed by atoms with Gasteiger partial charge in [-0.1, -0.05) is 6.92 Å². The summed E-state index contributed by atoms with van der Waals surface area (Å²) in [5.41, 5.74) is 0. The second-order valence-electron chi connectivity index (χ2n) is 3.55. The number of rotatable bonds is 6. The molecule has 1 aromatic rings. The van der Waals surface area contributed by atoms with Gasteiger partial charge < -0.3 is 10.4 Å². The van der Waals surface area contributed by atoms with Crippen LogP contribution in [-0.4, -0.2) is 33.2 Å². The number of hydrogen-bond donors (Lipinski definition) is 2. The van der Waals surface area contributed by atoms with E-state index in [2.05, 4.69) is 20.3 Å². The molecule has 1 unspecified atom stereocenters.